The van der Waals surface area contributed by atoms with Gasteiger partial charge in [0.25, 0.3) is 0 Å². The van der Waals surface area contributed by atoms with Crippen molar-refractivity contribution in [3.8, 4) is 28.4 Å². The first-order valence-corrected chi connectivity index (χ1v) is 11.3. The predicted molar refractivity (Wildman–Crippen MR) is 125 cm³/mol. The van der Waals surface area contributed by atoms with Crippen molar-refractivity contribution in [3.63, 3.8) is 0 Å². The average Bonchev–Trinajstić information content (AvgIpc) is 3.09. The zero-order valence-corrected chi connectivity index (χ0v) is 19.1. The summed E-state index contributed by atoms with van der Waals surface area (Å²) in [5, 5.41) is 0. The van der Waals surface area contributed by atoms with Gasteiger partial charge in [0, 0.05) is 29.3 Å². The number of ether oxygens (including phenoxy) is 3. The van der Waals surface area contributed by atoms with Crippen LogP contribution in [0, 0.1) is 0 Å². The summed E-state index contributed by atoms with van der Waals surface area (Å²) in [6.07, 6.45) is 1.70. The monoisotopic (exact) mass is 426 g/mol. The molecular weight excluding hydrogens is 392 g/mol. The number of rotatable bonds is 12. The summed E-state index contributed by atoms with van der Waals surface area (Å²) in [4.78, 5) is 15.6. The quantitative estimate of drug-likeness (QED) is 0.420. The van der Waals surface area contributed by atoms with E-state index in [9.17, 15) is 4.79 Å². The molecule has 0 saturated carbocycles. The van der Waals surface area contributed by atoms with Crippen molar-refractivity contribution >= 4 is 11.5 Å². The van der Waals surface area contributed by atoms with Crippen molar-refractivity contribution < 1.29 is 19.0 Å². The van der Waals surface area contributed by atoms with Crippen molar-refractivity contribution in [1.29, 1.82) is 0 Å². The van der Waals surface area contributed by atoms with E-state index in [0.717, 1.165) is 38.0 Å². The number of nitrogens with two attached hydrogens (primary N) is 1. The van der Waals surface area contributed by atoms with Crippen molar-refractivity contribution in [2.75, 3.05) is 45.2 Å². The number of carbonyl (C=O) groups excluding carboxylic acids is 1. The summed E-state index contributed by atoms with van der Waals surface area (Å²) >= 11 is 0. The van der Waals surface area contributed by atoms with Crippen molar-refractivity contribution in [3.05, 3.63) is 35.4 Å². The number of nitrogen functional groups attached to an aromatic ring is 1. The van der Waals surface area contributed by atoms with Gasteiger partial charge < -0.3 is 24.8 Å². The number of nitrogens with zero attached hydrogens (tertiary/aromatic N) is 1. The van der Waals surface area contributed by atoms with Gasteiger partial charge in [0.2, 0.25) is 0 Å². The SMILES string of the molecule is CCCOc1cc(OCCC)c2c(c1N)C(=O)c1cccc(OCCN(CC)CC)c1-2. The summed E-state index contributed by atoms with van der Waals surface area (Å²) in [6.45, 7) is 12.7. The molecule has 0 unspecified atom stereocenters. The number of hydrogen-bond donors (Lipinski definition) is 1. The Morgan fingerprint density at radius 1 is 0.806 bits per heavy atom. The summed E-state index contributed by atoms with van der Waals surface area (Å²) in [7, 11) is 0. The average molecular weight is 427 g/mol. The Hall–Kier alpha value is -2.73. The number of fused-ring (bicyclic) bond motifs is 3. The van der Waals surface area contributed by atoms with Crippen LogP contribution in [-0.2, 0) is 0 Å². The van der Waals surface area contributed by atoms with E-state index in [2.05, 4.69) is 18.7 Å². The molecule has 0 atom stereocenters. The molecule has 0 aliphatic heterocycles. The smallest absolute Gasteiger partial charge is 0.196 e. The Labute approximate surface area is 185 Å². The van der Waals surface area contributed by atoms with Crippen LogP contribution in [-0.4, -0.2) is 50.1 Å². The Morgan fingerprint density at radius 2 is 1.45 bits per heavy atom. The van der Waals surface area contributed by atoms with E-state index in [1.807, 2.05) is 38.1 Å². The molecule has 31 heavy (non-hydrogen) atoms. The fourth-order valence-corrected chi connectivity index (χ4v) is 3.85. The molecule has 0 spiro atoms. The number of carbonyl (C=O) groups is 1. The van der Waals surface area contributed by atoms with Crippen LogP contribution in [0.5, 0.6) is 17.2 Å². The lowest BCUT2D eigenvalue weighted by Crippen LogP contribution is -2.28. The van der Waals surface area contributed by atoms with Crippen LogP contribution in [0.25, 0.3) is 11.1 Å². The Balaban J connectivity index is 2.05. The second-order valence-corrected chi connectivity index (χ2v) is 7.62. The first-order valence-electron chi connectivity index (χ1n) is 11.3. The van der Waals surface area contributed by atoms with E-state index in [1.165, 1.54) is 0 Å². The minimum atomic E-state index is -0.111. The van der Waals surface area contributed by atoms with Gasteiger partial charge in [0.05, 0.1) is 24.5 Å². The van der Waals surface area contributed by atoms with Crippen LogP contribution >= 0.6 is 0 Å². The largest absolute Gasteiger partial charge is 0.493 e. The lowest BCUT2D eigenvalue weighted by molar-refractivity contribution is 0.104. The second-order valence-electron chi connectivity index (χ2n) is 7.62. The van der Waals surface area contributed by atoms with Crippen LogP contribution in [0.3, 0.4) is 0 Å². The zero-order chi connectivity index (χ0) is 22.4. The highest BCUT2D eigenvalue weighted by Crippen LogP contribution is 2.52. The molecule has 0 radical (unpaired) electrons. The third kappa shape index (κ3) is 4.64. The van der Waals surface area contributed by atoms with Gasteiger partial charge in [0.15, 0.2) is 5.78 Å². The molecule has 1 aliphatic carbocycles. The van der Waals surface area contributed by atoms with Crippen LogP contribution < -0.4 is 19.9 Å². The van der Waals surface area contributed by atoms with Crippen molar-refractivity contribution in [1.82, 2.24) is 4.90 Å². The maximum absolute atomic E-state index is 13.3. The standard InChI is InChI=1S/C25H34N2O4/c1-5-13-29-19-16-20(30-14-6-2)24(26)23-22(19)21-17(25(23)28)10-9-11-18(21)31-15-12-27(7-3)8-4/h9-11,16H,5-8,12-15,26H2,1-4H3. The predicted octanol–water partition coefficient (Wildman–Crippen LogP) is 4.78. The highest BCUT2D eigenvalue weighted by Gasteiger charge is 2.36. The van der Waals surface area contributed by atoms with Gasteiger partial charge in [-0.1, -0.05) is 39.8 Å². The molecule has 0 fully saturated rings. The van der Waals surface area contributed by atoms with Gasteiger partial charge in [-0.25, -0.2) is 0 Å². The van der Waals surface area contributed by atoms with E-state index in [4.69, 9.17) is 19.9 Å². The van der Waals surface area contributed by atoms with E-state index in [1.54, 1.807) is 0 Å². The maximum Gasteiger partial charge on any atom is 0.196 e. The molecule has 2 aromatic rings. The van der Waals surface area contributed by atoms with Crippen molar-refractivity contribution in [2.24, 2.45) is 0 Å². The summed E-state index contributed by atoms with van der Waals surface area (Å²) in [5.74, 6) is 1.68. The van der Waals surface area contributed by atoms with Crippen LogP contribution in [0.15, 0.2) is 24.3 Å². The van der Waals surface area contributed by atoms with Crippen LogP contribution in [0.2, 0.25) is 0 Å². The lowest BCUT2D eigenvalue weighted by Gasteiger charge is -2.20. The van der Waals surface area contributed by atoms with Gasteiger partial charge in [-0.15, -0.1) is 0 Å². The molecule has 3 rings (SSSR count). The minimum Gasteiger partial charge on any atom is -0.493 e. The molecule has 0 heterocycles. The molecule has 6 nitrogen and oxygen atoms in total. The molecular formula is C25H34N2O4. The van der Waals surface area contributed by atoms with Gasteiger partial charge in [-0.2, -0.15) is 0 Å². The normalized spacial score (nSPS) is 12.1. The fraction of sp³-hybridized carbons (Fsp3) is 0.480. The molecule has 0 bridgehead atoms. The Morgan fingerprint density at radius 3 is 2.10 bits per heavy atom. The third-order valence-corrected chi connectivity index (χ3v) is 5.52. The number of hydrogen-bond acceptors (Lipinski definition) is 6. The van der Waals surface area contributed by atoms with Crippen LogP contribution in [0.4, 0.5) is 5.69 Å². The van der Waals surface area contributed by atoms with Gasteiger partial charge in [-0.3, -0.25) is 4.79 Å². The highest BCUT2D eigenvalue weighted by molar-refractivity contribution is 6.26. The third-order valence-electron chi connectivity index (χ3n) is 5.52. The van der Waals surface area contributed by atoms with Gasteiger partial charge in [0.1, 0.15) is 23.9 Å². The van der Waals surface area contributed by atoms with Gasteiger partial charge >= 0.3 is 0 Å². The molecule has 168 valence electrons. The van der Waals surface area contributed by atoms with Gasteiger partial charge in [-0.05, 0) is 32.0 Å². The number of anilines is 1. The Bertz CT molecular complexity index is 922. The molecule has 0 aromatic heterocycles. The van der Waals surface area contributed by atoms with E-state index in [0.29, 0.717) is 59.4 Å². The van der Waals surface area contributed by atoms with Crippen molar-refractivity contribution in [2.45, 2.75) is 40.5 Å². The first kappa shape index (κ1) is 22.9. The minimum absolute atomic E-state index is 0.111. The first-order chi connectivity index (χ1) is 15.1. The van der Waals surface area contributed by atoms with E-state index >= 15 is 0 Å². The van der Waals surface area contributed by atoms with E-state index < -0.39 is 0 Å². The summed E-state index contributed by atoms with van der Waals surface area (Å²) in [6, 6.07) is 7.40. The second kappa shape index (κ2) is 10.5. The maximum atomic E-state index is 13.3. The zero-order valence-electron chi connectivity index (χ0n) is 19.1. The number of ketones is 1. The molecule has 0 amide bonds. The lowest BCUT2D eigenvalue weighted by atomic mass is 10.0. The highest BCUT2D eigenvalue weighted by atomic mass is 16.5. The fourth-order valence-electron chi connectivity index (χ4n) is 3.85. The summed E-state index contributed by atoms with van der Waals surface area (Å²) in [5.41, 5.74) is 9.31. The summed E-state index contributed by atoms with van der Waals surface area (Å²) < 4.78 is 18.1. The Kier molecular flexibility index (Phi) is 7.80. The molecule has 1 aliphatic rings. The molecule has 6 heteroatoms. The van der Waals surface area contributed by atoms with E-state index in [-0.39, 0.29) is 5.78 Å². The molecule has 2 aromatic carbocycles. The molecule has 0 saturated heterocycles. The topological polar surface area (TPSA) is 74.0 Å². The molecule has 2 N–H and O–H groups in total. The number of likely N-dealkylation sites (N-methyl/N-ethyl adjacent to an activating group) is 1. The number of benzene rings is 2. The van der Waals surface area contributed by atoms with Crippen LogP contribution in [0.1, 0.15) is 56.5 Å².